The molecule has 2 fully saturated rings. The van der Waals surface area contributed by atoms with Gasteiger partial charge < -0.3 is 5.32 Å². The molecule has 1 aromatic heterocycles. The van der Waals surface area contributed by atoms with Crippen molar-refractivity contribution in [1.82, 2.24) is 10.3 Å². The van der Waals surface area contributed by atoms with Gasteiger partial charge in [-0.3, -0.25) is 4.98 Å². The Kier molecular flexibility index (Phi) is 4.40. The van der Waals surface area contributed by atoms with E-state index >= 15 is 0 Å². The van der Waals surface area contributed by atoms with Gasteiger partial charge in [0.05, 0.1) is 0 Å². The quantitative estimate of drug-likeness (QED) is 0.874. The molecule has 0 amide bonds. The average Bonchev–Trinajstić information content (AvgIpc) is 3.29. The summed E-state index contributed by atoms with van der Waals surface area (Å²) in [6.07, 6.45) is 12.4. The summed E-state index contributed by atoms with van der Waals surface area (Å²) in [5, 5.41) is 3.75. The van der Waals surface area contributed by atoms with E-state index in [2.05, 4.69) is 36.4 Å². The van der Waals surface area contributed by atoms with Crippen molar-refractivity contribution < 1.29 is 0 Å². The van der Waals surface area contributed by atoms with Crippen molar-refractivity contribution in [2.45, 2.75) is 64.3 Å². The summed E-state index contributed by atoms with van der Waals surface area (Å²) in [5.41, 5.74) is 2.78. The molecule has 2 nitrogen and oxygen atoms in total. The van der Waals surface area contributed by atoms with Gasteiger partial charge in [-0.2, -0.15) is 0 Å². The third kappa shape index (κ3) is 3.41. The van der Waals surface area contributed by atoms with Crippen molar-refractivity contribution in [1.29, 1.82) is 0 Å². The van der Waals surface area contributed by atoms with Crippen LogP contribution in [0.3, 0.4) is 0 Å². The fourth-order valence-corrected chi connectivity index (χ4v) is 3.73. The molecule has 2 aliphatic carbocycles. The van der Waals surface area contributed by atoms with E-state index < -0.39 is 0 Å². The zero-order valence-corrected chi connectivity index (χ0v) is 12.9. The van der Waals surface area contributed by atoms with E-state index in [9.17, 15) is 0 Å². The first-order chi connectivity index (χ1) is 9.76. The molecular weight excluding hydrogens is 244 g/mol. The molecule has 20 heavy (non-hydrogen) atoms. The first kappa shape index (κ1) is 14.1. The summed E-state index contributed by atoms with van der Waals surface area (Å²) >= 11 is 0. The van der Waals surface area contributed by atoms with Gasteiger partial charge in [-0.25, -0.2) is 0 Å². The third-order valence-electron chi connectivity index (χ3n) is 5.25. The predicted molar refractivity (Wildman–Crippen MR) is 83.9 cm³/mol. The normalized spacial score (nSPS) is 30.4. The van der Waals surface area contributed by atoms with E-state index in [0.717, 1.165) is 17.9 Å². The van der Waals surface area contributed by atoms with Crippen LogP contribution in [-0.2, 0) is 0 Å². The summed E-state index contributed by atoms with van der Waals surface area (Å²) in [6.45, 7) is 5.72. The Morgan fingerprint density at radius 1 is 1.20 bits per heavy atom. The van der Waals surface area contributed by atoms with Gasteiger partial charge in [0.1, 0.15) is 0 Å². The molecule has 1 heterocycles. The van der Waals surface area contributed by atoms with Crippen LogP contribution in [0.5, 0.6) is 0 Å². The molecule has 2 aliphatic rings. The van der Waals surface area contributed by atoms with Crippen LogP contribution in [0.25, 0.3) is 0 Å². The lowest BCUT2D eigenvalue weighted by molar-refractivity contribution is 0.225. The summed E-state index contributed by atoms with van der Waals surface area (Å²) < 4.78 is 0. The van der Waals surface area contributed by atoms with Gasteiger partial charge in [0.25, 0.3) is 0 Å². The topological polar surface area (TPSA) is 24.9 Å². The molecule has 0 spiro atoms. The van der Waals surface area contributed by atoms with Crippen molar-refractivity contribution in [3.8, 4) is 0 Å². The van der Waals surface area contributed by atoms with Crippen molar-refractivity contribution in [2.75, 3.05) is 6.54 Å². The summed E-state index contributed by atoms with van der Waals surface area (Å²) in [6, 6.07) is 3.19. The fraction of sp³-hybridized carbons (Fsp3) is 0.722. The minimum atomic E-state index is 0.715. The second kappa shape index (κ2) is 6.26. The number of aryl methyl sites for hydroxylation is 1. The van der Waals surface area contributed by atoms with E-state index in [1.165, 1.54) is 56.2 Å². The number of aromatic nitrogens is 1. The van der Waals surface area contributed by atoms with Gasteiger partial charge >= 0.3 is 0 Å². The van der Waals surface area contributed by atoms with Gasteiger partial charge in [0, 0.05) is 18.4 Å². The minimum absolute atomic E-state index is 0.715. The predicted octanol–water partition coefficient (Wildman–Crippen LogP) is 4.05. The van der Waals surface area contributed by atoms with Gasteiger partial charge in [0.15, 0.2) is 0 Å². The second-order valence-electron chi connectivity index (χ2n) is 6.93. The zero-order valence-electron chi connectivity index (χ0n) is 12.9. The Morgan fingerprint density at radius 3 is 2.75 bits per heavy atom. The van der Waals surface area contributed by atoms with Crippen molar-refractivity contribution in [2.24, 2.45) is 11.8 Å². The van der Waals surface area contributed by atoms with Gasteiger partial charge in [-0.1, -0.05) is 25.8 Å². The molecule has 3 rings (SSSR count). The summed E-state index contributed by atoms with van der Waals surface area (Å²) in [4.78, 5) is 4.43. The first-order valence-electron chi connectivity index (χ1n) is 8.41. The molecule has 1 aromatic rings. The highest BCUT2D eigenvalue weighted by Crippen LogP contribution is 2.41. The molecule has 2 saturated carbocycles. The van der Waals surface area contributed by atoms with E-state index in [1.54, 1.807) is 0 Å². The number of hydrogen-bond acceptors (Lipinski definition) is 2. The molecule has 0 saturated heterocycles. The number of nitrogens with zero attached hydrogens (tertiary/aromatic N) is 1. The minimum Gasteiger partial charge on any atom is -0.314 e. The SMILES string of the molecule is CCC1CCC(CNC2CC2)C(c2cncc(C)c2)C1. The van der Waals surface area contributed by atoms with Crippen LogP contribution in [0.1, 0.15) is 62.5 Å². The first-order valence-corrected chi connectivity index (χ1v) is 8.41. The Hall–Kier alpha value is -0.890. The lowest BCUT2D eigenvalue weighted by Crippen LogP contribution is -2.33. The summed E-state index contributed by atoms with van der Waals surface area (Å²) in [5.74, 6) is 2.44. The molecule has 1 N–H and O–H groups in total. The summed E-state index contributed by atoms with van der Waals surface area (Å²) in [7, 11) is 0. The van der Waals surface area contributed by atoms with E-state index in [0.29, 0.717) is 5.92 Å². The van der Waals surface area contributed by atoms with E-state index in [-0.39, 0.29) is 0 Å². The molecule has 3 atom stereocenters. The maximum atomic E-state index is 4.43. The highest BCUT2D eigenvalue weighted by Gasteiger charge is 2.32. The number of pyridine rings is 1. The Balaban J connectivity index is 1.72. The molecule has 3 unspecified atom stereocenters. The zero-order chi connectivity index (χ0) is 13.9. The standard InChI is InChI=1S/C18H28N2/c1-3-14-4-5-15(12-20-17-6-7-17)18(9-14)16-8-13(2)10-19-11-16/h8,10-11,14-15,17-18,20H,3-7,9,12H2,1-2H3. The van der Waals surface area contributed by atoms with Crippen molar-refractivity contribution in [3.05, 3.63) is 29.6 Å². The molecule has 110 valence electrons. The highest BCUT2D eigenvalue weighted by molar-refractivity contribution is 5.22. The molecule has 0 aromatic carbocycles. The van der Waals surface area contributed by atoms with Crippen LogP contribution in [0, 0.1) is 18.8 Å². The van der Waals surface area contributed by atoms with Crippen LogP contribution >= 0.6 is 0 Å². The lowest BCUT2D eigenvalue weighted by atomic mass is 9.70. The molecule has 0 aliphatic heterocycles. The maximum Gasteiger partial charge on any atom is 0.0303 e. The van der Waals surface area contributed by atoms with Crippen LogP contribution in [0.2, 0.25) is 0 Å². The Morgan fingerprint density at radius 2 is 2.05 bits per heavy atom. The van der Waals surface area contributed by atoms with Gasteiger partial charge in [-0.15, -0.1) is 0 Å². The maximum absolute atomic E-state index is 4.43. The van der Waals surface area contributed by atoms with Gasteiger partial charge in [0.2, 0.25) is 0 Å². The van der Waals surface area contributed by atoms with Crippen LogP contribution in [0.4, 0.5) is 0 Å². The lowest BCUT2D eigenvalue weighted by Gasteiger charge is -2.36. The highest BCUT2D eigenvalue weighted by atomic mass is 14.9. The number of hydrogen-bond donors (Lipinski definition) is 1. The number of nitrogens with one attached hydrogen (secondary N) is 1. The van der Waals surface area contributed by atoms with Crippen molar-refractivity contribution >= 4 is 0 Å². The number of rotatable bonds is 5. The van der Waals surface area contributed by atoms with Gasteiger partial charge in [-0.05, 0) is 68.0 Å². The van der Waals surface area contributed by atoms with Crippen LogP contribution in [0.15, 0.2) is 18.5 Å². The largest absolute Gasteiger partial charge is 0.314 e. The Labute approximate surface area is 123 Å². The monoisotopic (exact) mass is 272 g/mol. The van der Waals surface area contributed by atoms with Crippen LogP contribution < -0.4 is 5.32 Å². The molecule has 2 heteroatoms. The molecule has 0 radical (unpaired) electrons. The smallest absolute Gasteiger partial charge is 0.0303 e. The fourth-order valence-electron chi connectivity index (χ4n) is 3.73. The third-order valence-corrected chi connectivity index (χ3v) is 5.25. The Bertz CT molecular complexity index is 439. The van der Waals surface area contributed by atoms with E-state index in [1.807, 2.05) is 6.20 Å². The van der Waals surface area contributed by atoms with Crippen molar-refractivity contribution in [3.63, 3.8) is 0 Å². The second-order valence-corrected chi connectivity index (χ2v) is 6.93. The molecular formula is C18H28N2. The average molecular weight is 272 g/mol. The van der Waals surface area contributed by atoms with Crippen LogP contribution in [-0.4, -0.2) is 17.6 Å². The molecule has 0 bridgehead atoms. The van der Waals surface area contributed by atoms with E-state index in [4.69, 9.17) is 0 Å².